The van der Waals surface area contributed by atoms with Crippen LogP contribution in [0.15, 0.2) is 72.8 Å². The molecule has 6 heteroatoms. The molecule has 0 aliphatic heterocycles. The van der Waals surface area contributed by atoms with Gasteiger partial charge in [-0.15, -0.1) is 0 Å². The van der Waals surface area contributed by atoms with Crippen molar-refractivity contribution < 1.29 is 24.3 Å². The van der Waals surface area contributed by atoms with Gasteiger partial charge in [0.2, 0.25) is 0 Å². The minimum absolute atomic E-state index is 0.0205. The Bertz CT molecular complexity index is 1390. The summed E-state index contributed by atoms with van der Waals surface area (Å²) < 4.78 is 0. The zero-order valence-corrected chi connectivity index (χ0v) is 24.8. The van der Waals surface area contributed by atoms with Crippen LogP contribution in [-0.2, 0) is 10.2 Å². The monoisotopic (exact) mass is 567 g/mol. The summed E-state index contributed by atoms with van der Waals surface area (Å²) in [5.41, 5.74) is 4.51. The Labute approximate surface area is 248 Å². The van der Waals surface area contributed by atoms with Gasteiger partial charge in [0.25, 0.3) is 5.91 Å². The first-order chi connectivity index (χ1) is 20.0. The molecule has 1 saturated carbocycles. The maximum atomic E-state index is 13.9. The highest BCUT2D eigenvalue weighted by Gasteiger charge is 2.27. The molecule has 0 saturated heterocycles. The van der Waals surface area contributed by atoms with Crippen LogP contribution in [0.4, 0.5) is 0 Å². The molecule has 2 N–H and O–H groups in total. The molecule has 6 nitrogen and oxygen atoms in total. The third-order valence-electron chi connectivity index (χ3n) is 8.25. The van der Waals surface area contributed by atoms with Crippen molar-refractivity contribution in [1.82, 2.24) is 5.32 Å². The van der Waals surface area contributed by atoms with Crippen molar-refractivity contribution in [1.29, 1.82) is 0 Å². The van der Waals surface area contributed by atoms with Crippen LogP contribution in [0.25, 0.3) is 0 Å². The molecule has 3 aromatic rings. The Morgan fingerprint density at radius 1 is 0.786 bits per heavy atom. The van der Waals surface area contributed by atoms with Crippen molar-refractivity contribution in [2.45, 2.75) is 83.0 Å². The fourth-order valence-corrected chi connectivity index (χ4v) is 5.63. The van der Waals surface area contributed by atoms with Gasteiger partial charge in [-0.25, -0.2) is 0 Å². The molecule has 0 bridgehead atoms. The maximum absolute atomic E-state index is 13.9. The van der Waals surface area contributed by atoms with Crippen molar-refractivity contribution in [3.05, 3.63) is 106 Å². The van der Waals surface area contributed by atoms with Gasteiger partial charge in [0, 0.05) is 29.7 Å². The molecule has 1 fully saturated rings. The van der Waals surface area contributed by atoms with E-state index < -0.39 is 17.8 Å². The molecule has 3 aromatic carbocycles. The largest absolute Gasteiger partial charge is 0.481 e. The molecule has 42 heavy (non-hydrogen) atoms. The topological polar surface area (TPSA) is 101 Å². The second-order valence-corrected chi connectivity index (χ2v) is 12.4. The molecule has 1 aliphatic rings. The van der Waals surface area contributed by atoms with Gasteiger partial charge >= 0.3 is 5.97 Å². The van der Waals surface area contributed by atoms with Gasteiger partial charge < -0.3 is 10.4 Å². The third kappa shape index (κ3) is 8.03. The predicted octanol–water partition coefficient (Wildman–Crippen LogP) is 7.48. The van der Waals surface area contributed by atoms with E-state index in [0.717, 1.165) is 11.1 Å². The van der Waals surface area contributed by atoms with E-state index in [-0.39, 0.29) is 36.4 Å². The molecule has 220 valence electrons. The third-order valence-corrected chi connectivity index (χ3v) is 8.25. The molecule has 0 spiro atoms. The lowest BCUT2D eigenvalue weighted by molar-refractivity contribution is -0.136. The van der Waals surface area contributed by atoms with Crippen LogP contribution in [0, 0.1) is 0 Å². The van der Waals surface area contributed by atoms with Crippen LogP contribution in [0.3, 0.4) is 0 Å². The van der Waals surface area contributed by atoms with E-state index in [1.54, 1.807) is 24.3 Å². The Balaban J connectivity index is 1.56. The number of carboxylic acids is 1. The molecule has 1 aliphatic carbocycles. The van der Waals surface area contributed by atoms with E-state index in [1.807, 2.05) is 36.4 Å². The quantitative estimate of drug-likeness (QED) is 0.234. The SMILES string of the molecule is CC(C)(C)c1ccc(C(=O)CC(C(=O)c2ccc(C(=O)NCCC(=O)O)cc2)c2ccc(C3CCCCC3)cc2)cc1. The molecule has 1 unspecified atom stereocenters. The summed E-state index contributed by atoms with van der Waals surface area (Å²) in [7, 11) is 0. The molecular weight excluding hydrogens is 526 g/mol. The number of hydrogen-bond acceptors (Lipinski definition) is 4. The number of amides is 1. The van der Waals surface area contributed by atoms with Crippen molar-refractivity contribution >= 4 is 23.4 Å². The molecule has 1 amide bonds. The molecule has 1 atom stereocenters. The highest BCUT2D eigenvalue weighted by molar-refractivity contribution is 6.06. The Morgan fingerprint density at radius 2 is 1.36 bits per heavy atom. The standard InChI is InChI=1S/C36H41NO5/c1-36(2,3)30-19-17-27(18-20-30)32(38)23-31(26-11-9-25(10-12-26)24-7-5-4-6-8-24)34(41)28-13-15-29(16-14-28)35(42)37-22-21-33(39)40/h9-20,24,31H,4-8,21-23H2,1-3H3,(H,37,42)(H,39,40). The number of carbonyl (C=O) groups excluding carboxylic acids is 3. The van der Waals surface area contributed by atoms with Crippen LogP contribution in [-0.4, -0.2) is 35.1 Å². The second kappa shape index (κ2) is 13.7. The number of benzene rings is 3. The van der Waals surface area contributed by atoms with Gasteiger partial charge in [-0.3, -0.25) is 19.2 Å². The molecule has 0 aromatic heterocycles. The summed E-state index contributed by atoms with van der Waals surface area (Å²) in [4.78, 5) is 50.5. The molecule has 0 radical (unpaired) electrons. The van der Waals surface area contributed by atoms with Crippen molar-refractivity contribution in [3.8, 4) is 0 Å². The Morgan fingerprint density at radius 3 is 1.93 bits per heavy atom. The summed E-state index contributed by atoms with van der Waals surface area (Å²) in [6, 6.07) is 22.1. The van der Waals surface area contributed by atoms with E-state index in [9.17, 15) is 19.2 Å². The van der Waals surface area contributed by atoms with E-state index in [4.69, 9.17) is 5.11 Å². The number of nitrogens with one attached hydrogen (secondary N) is 1. The number of aliphatic carboxylic acids is 1. The maximum Gasteiger partial charge on any atom is 0.305 e. The minimum atomic E-state index is -0.992. The highest BCUT2D eigenvalue weighted by atomic mass is 16.4. The fourth-order valence-electron chi connectivity index (χ4n) is 5.63. The van der Waals surface area contributed by atoms with E-state index in [2.05, 4.69) is 38.2 Å². The summed E-state index contributed by atoms with van der Waals surface area (Å²) in [6.07, 6.45) is 5.99. The average molecular weight is 568 g/mol. The smallest absolute Gasteiger partial charge is 0.305 e. The van der Waals surface area contributed by atoms with Crippen LogP contribution in [0.5, 0.6) is 0 Å². The minimum Gasteiger partial charge on any atom is -0.481 e. The van der Waals surface area contributed by atoms with Crippen molar-refractivity contribution in [2.75, 3.05) is 6.54 Å². The van der Waals surface area contributed by atoms with E-state index in [1.165, 1.54) is 37.7 Å². The molecular formula is C36H41NO5. The Hall–Kier alpha value is -4.06. The second-order valence-electron chi connectivity index (χ2n) is 12.4. The van der Waals surface area contributed by atoms with Gasteiger partial charge in [0.05, 0.1) is 12.3 Å². The number of ketones is 2. The predicted molar refractivity (Wildman–Crippen MR) is 164 cm³/mol. The zero-order chi connectivity index (χ0) is 30.3. The van der Waals surface area contributed by atoms with Crippen molar-refractivity contribution in [3.63, 3.8) is 0 Å². The lowest BCUT2D eigenvalue weighted by atomic mass is 9.81. The first-order valence-electron chi connectivity index (χ1n) is 14.9. The average Bonchev–Trinajstić information content (AvgIpc) is 2.99. The van der Waals surface area contributed by atoms with Gasteiger partial charge in [-0.1, -0.05) is 101 Å². The van der Waals surface area contributed by atoms with Crippen molar-refractivity contribution in [2.24, 2.45) is 0 Å². The number of hydrogen-bond donors (Lipinski definition) is 2. The van der Waals surface area contributed by atoms with Gasteiger partial charge in [0.1, 0.15) is 0 Å². The van der Waals surface area contributed by atoms with E-state index >= 15 is 0 Å². The normalized spacial score (nSPS) is 14.6. The van der Waals surface area contributed by atoms with Crippen LogP contribution < -0.4 is 5.32 Å². The van der Waals surface area contributed by atoms with Gasteiger partial charge in [0.15, 0.2) is 11.6 Å². The fraction of sp³-hybridized carbons (Fsp3) is 0.389. The van der Waals surface area contributed by atoms with Crippen LogP contribution in [0.1, 0.15) is 125 Å². The summed E-state index contributed by atoms with van der Waals surface area (Å²) in [5.74, 6) is -1.81. The summed E-state index contributed by atoms with van der Waals surface area (Å²) >= 11 is 0. The van der Waals surface area contributed by atoms with E-state index in [0.29, 0.717) is 22.6 Å². The van der Waals surface area contributed by atoms with Crippen LogP contribution in [0.2, 0.25) is 0 Å². The molecule has 4 rings (SSSR count). The lowest BCUT2D eigenvalue weighted by Crippen LogP contribution is -2.26. The summed E-state index contributed by atoms with van der Waals surface area (Å²) in [5, 5.41) is 11.4. The highest BCUT2D eigenvalue weighted by Crippen LogP contribution is 2.34. The summed E-state index contributed by atoms with van der Waals surface area (Å²) in [6.45, 7) is 6.40. The first-order valence-corrected chi connectivity index (χ1v) is 14.9. The lowest BCUT2D eigenvalue weighted by Gasteiger charge is -2.23. The van der Waals surface area contributed by atoms with Crippen LogP contribution >= 0.6 is 0 Å². The number of rotatable bonds is 11. The Kier molecular flexibility index (Phi) is 10.1. The number of carboxylic acid groups (broad SMARTS) is 1. The zero-order valence-electron chi connectivity index (χ0n) is 24.8. The first kappa shape index (κ1) is 30.9. The van der Waals surface area contributed by atoms with Gasteiger partial charge in [-0.2, -0.15) is 0 Å². The number of carbonyl (C=O) groups is 4. The van der Waals surface area contributed by atoms with Gasteiger partial charge in [-0.05, 0) is 53.0 Å². The number of Topliss-reactive ketones (excluding diaryl/α,β-unsaturated/α-hetero) is 2. The molecule has 0 heterocycles.